The quantitative estimate of drug-likeness (QED) is 0.637. The average molecular weight is 370 g/mol. The van der Waals surface area contributed by atoms with Crippen LogP contribution in [0.15, 0.2) is 53.0 Å². The van der Waals surface area contributed by atoms with Crippen LogP contribution in [0.25, 0.3) is 0 Å². The standard InChI is InChI=1S/C16H14BrClOS/c1-11(16(19)13-4-6-14(17)7-5-13)20-10-12-2-8-15(18)9-3-12/h2-9,11H,10H2,1H3. The Morgan fingerprint density at radius 3 is 2.35 bits per heavy atom. The van der Waals surface area contributed by atoms with Gasteiger partial charge in [-0.05, 0) is 36.8 Å². The summed E-state index contributed by atoms with van der Waals surface area (Å²) in [6, 6.07) is 15.2. The number of thioether (sulfide) groups is 1. The van der Waals surface area contributed by atoms with E-state index in [2.05, 4.69) is 15.9 Å². The summed E-state index contributed by atoms with van der Waals surface area (Å²) < 4.78 is 0.982. The van der Waals surface area contributed by atoms with Crippen LogP contribution in [0.3, 0.4) is 0 Å². The van der Waals surface area contributed by atoms with E-state index in [1.807, 2.05) is 55.5 Å². The summed E-state index contributed by atoms with van der Waals surface area (Å²) in [5.41, 5.74) is 1.93. The van der Waals surface area contributed by atoms with E-state index in [0.29, 0.717) is 0 Å². The number of carbonyl (C=O) groups is 1. The second kappa shape index (κ2) is 7.30. The number of halogens is 2. The number of carbonyl (C=O) groups excluding carboxylic acids is 1. The summed E-state index contributed by atoms with van der Waals surface area (Å²) in [6.07, 6.45) is 0. The molecule has 2 aromatic rings. The molecule has 1 nitrogen and oxygen atoms in total. The molecule has 1 unspecified atom stereocenters. The zero-order valence-corrected chi connectivity index (χ0v) is 14.1. The fourth-order valence-corrected chi connectivity index (χ4v) is 3.04. The van der Waals surface area contributed by atoms with Gasteiger partial charge in [0.25, 0.3) is 0 Å². The second-order valence-electron chi connectivity index (χ2n) is 4.45. The molecule has 0 aliphatic carbocycles. The Hall–Kier alpha value is -0.770. The van der Waals surface area contributed by atoms with Crippen molar-refractivity contribution in [1.82, 2.24) is 0 Å². The normalized spacial score (nSPS) is 12.2. The lowest BCUT2D eigenvalue weighted by atomic mass is 10.1. The van der Waals surface area contributed by atoms with Crippen molar-refractivity contribution in [3.8, 4) is 0 Å². The molecule has 0 amide bonds. The Kier molecular flexibility index (Phi) is 5.70. The number of rotatable bonds is 5. The van der Waals surface area contributed by atoms with Gasteiger partial charge in [0.05, 0.1) is 5.25 Å². The van der Waals surface area contributed by atoms with E-state index in [0.717, 1.165) is 20.8 Å². The third kappa shape index (κ3) is 4.37. The summed E-state index contributed by atoms with van der Waals surface area (Å²) in [5, 5.41) is 0.671. The van der Waals surface area contributed by atoms with Crippen LogP contribution in [0.5, 0.6) is 0 Å². The summed E-state index contributed by atoms with van der Waals surface area (Å²) in [4.78, 5) is 12.3. The van der Waals surface area contributed by atoms with Gasteiger partial charge in [-0.25, -0.2) is 0 Å². The van der Waals surface area contributed by atoms with Gasteiger partial charge >= 0.3 is 0 Å². The third-order valence-electron chi connectivity index (χ3n) is 2.91. The fraction of sp³-hybridized carbons (Fsp3) is 0.188. The number of benzene rings is 2. The number of Topliss-reactive ketones (excluding diaryl/α,β-unsaturated/α-hetero) is 1. The summed E-state index contributed by atoms with van der Waals surface area (Å²) >= 11 is 10.9. The first-order valence-corrected chi connectivity index (χ1v) is 8.44. The largest absolute Gasteiger partial charge is 0.293 e. The molecule has 0 fully saturated rings. The van der Waals surface area contributed by atoms with Gasteiger partial charge in [0, 0.05) is 20.8 Å². The average Bonchev–Trinajstić information content (AvgIpc) is 2.46. The molecule has 1 atom stereocenters. The molecule has 20 heavy (non-hydrogen) atoms. The van der Waals surface area contributed by atoms with E-state index in [1.54, 1.807) is 11.8 Å². The van der Waals surface area contributed by atoms with Gasteiger partial charge in [-0.15, -0.1) is 11.8 Å². The molecule has 0 radical (unpaired) electrons. The summed E-state index contributed by atoms with van der Waals surface area (Å²) in [6.45, 7) is 1.95. The van der Waals surface area contributed by atoms with Crippen molar-refractivity contribution in [3.63, 3.8) is 0 Å². The number of hydrogen-bond acceptors (Lipinski definition) is 2. The van der Waals surface area contributed by atoms with Gasteiger partial charge in [0.1, 0.15) is 0 Å². The van der Waals surface area contributed by atoms with Crippen molar-refractivity contribution in [2.24, 2.45) is 0 Å². The smallest absolute Gasteiger partial charge is 0.175 e. The van der Waals surface area contributed by atoms with Gasteiger partial charge in [0.2, 0.25) is 0 Å². The lowest BCUT2D eigenvalue weighted by molar-refractivity contribution is 0.0994. The molecule has 0 N–H and O–H groups in total. The molecule has 2 rings (SSSR count). The van der Waals surface area contributed by atoms with Gasteiger partial charge < -0.3 is 0 Å². The fourth-order valence-electron chi connectivity index (χ4n) is 1.73. The second-order valence-corrected chi connectivity index (χ2v) is 7.13. The van der Waals surface area contributed by atoms with Crippen molar-refractivity contribution in [3.05, 3.63) is 69.2 Å². The van der Waals surface area contributed by atoms with Crippen LogP contribution in [0.2, 0.25) is 5.02 Å². The molecular weight excluding hydrogens is 356 g/mol. The predicted octanol–water partition coefficient (Wildman–Crippen LogP) is 5.61. The predicted molar refractivity (Wildman–Crippen MR) is 90.7 cm³/mol. The maximum atomic E-state index is 12.3. The van der Waals surface area contributed by atoms with Crippen LogP contribution in [-0.4, -0.2) is 11.0 Å². The van der Waals surface area contributed by atoms with Crippen molar-refractivity contribution in [1.29, 1.82) is 0 Å². The van der Waals surface area contributed by atoms with Crippen LogP contribution < -0.4 is 0 Å². The van der Waals surface area contributed by atoms with Crippen LogP contribution >= 0.6 is 39.3 Å². The maximum Gasteiger partial charge on any atom is 0.175 e. The molecule has 104 valence electrons. The van der Waals surface area contributed by atoms with E-state index in [9.17, 15) is 4.79 Å². The Balaban J connectivity index is 1.94. The van der Waals surface area contributed by atoms with Gasteiger partial charge in [-0.2, -0.15) is 0 Å². The zero-order valence-electron chi connectivity index (χ0n) is 11.0. The van der Waals surface area contributed by atoms with Gasteiger partial charge in [-0.1, -0.05) is 51.8 Å². The van der Waals surface area contributed by atoms with E-state index in [-0.39, 0.29) is 11.0 Å². The highest BCUT2D eigenvalue weighted by Gasteiger charge is 2.15. The zero-order chi connectivity index (χ0) is 14.5. The highest BCUT2D eigenvalue weighted by atomic mass is 79.9. The third-order valence-corrected chi connectivity index (χ3v) is 4.91. The van der Waals surface area contributed by atoms with Crippen molar-refractivity contribution in [2.45, 2.75) is 17.9 Å². The lowest BCUT2D eigenvalue weighted by Crippen LogP contribution is -2.13. The van der Waals surface area contributed by atoms with E-state index < -0.39 is 0 Å². The monoisotopic (exact) mass is 368 g/mol. The molecule has 0 spiro atoms. The SMILES string of the molecule is CC(SCc1ccc(Cl)cc1)C(=O)c1ccc(Br)cc1. The van der Waals surface area contributed by atoms with Crippen LogP contribution in [0.4, 0.5) is 0 Å². The van der Waals surface area contributed by atoms with Gasteiger partial charge in [-0.3, -0.25) is 4.79 Å². The minimum absolute atomic E-state index is 0.0631. The molecule has 0 bridgehead atoms. The first kappa shape index (κ1) is 15.6. The lowest BCUT2D eigenvalue weighted by Gasteiger charge is -2.10. The molecule has 2 aromatic carbocycles. The topological polar surface area (TPSA) is 17.1 Å². The first-order chi connectivity index (χ1) is 9.56. The van der Waals surface area contributed by atoms with E-state index >= 15 is 0 Å². The van der Waals surface area contributed by atoms with Crippen LogP contribution in [0, 0.1) is 0 Å². The van der Waals surface area contributed by atoms with E-state index in [4.69, 9.17) is 11.6 Å². The number of hydrogen-bond donors (Lipinski definition) is 0. The Labute approximate surface area is 136 Å². The molecule has 0 aliphatic rings. The van der Waals surface area contributed by atoms with Crippen molar-refractivity contribution in [2.75, 3.05) is 0 Å². The Morgan fingerprint density at radius 1 is 1.15 bits per heavy atom. The summed E-state index contributed by atoms with van der Waals surface area (Å²) in [5.74, 6) is 0.970. The maximum absolute atomic E-state index is 12.3. The molecule has 0 saturated carbocycles. The number of ketones is 1. The highest BCUT2D eigenvalue weighted by molar-refractivity contribution is 9.10. The molecule has 0 heterocycles. The van der Waals surface area contributed by atoms with Crippen molar-refractivity contribution >= 4 is 45.1 Å². The van der Waals surface area contributed by atoms with Crippen molar-refractivity contribution < 1.29 is 4.79 Å². The molecule has 0 saturated heterocycles. The first-order valence-electron chi connectivity index (χ1n) is 6.22. The Morgan fingerprint density at radius 2 is 1.75 bits per heavy atom. The van der Waals surface area contributed by atoms with Crippen LogP contribution in [0.1, 0.15) is 22.8 Å². The minimum atomic E-state index is -0.0631. The van der Waals surface area contributed by atoms with E-state index in [1.165, 1.54) is 5.56 Å². The van der Waals surface area contributed by atoms with Gasteiger partial charge in [0.15, 0.2) is 5.78 Å². The highest BCUT2D eigenvalue weighted by Crippen LogP contribution is 2.22. The molecular formula is C16H14BrClOS. The molecule has 4 heteroatoms. The molecule has 0 aromatic heterocycles. The minimum Gasteiger partial charge on any atom is -0.293 e. The Bertz CT molecular complexity index is 580. The van der Waals surface area contributed by atoms with Crippen LogP contribution in [-0.2, 0) is 5.75 Å². The molecule has 0 aliphatic heterocycles. The summed E-state index contributed by atoms with van der Waals surface area (Å²) in [7, 11) is 0.